The smallest absolute Gasteiger partial charge is 0.324 e. The lowest BCUT2D eigenvalue weighted by molar-refractivity contribution is -0.155. The van der Waals surface area contributed by atoms with Gasteiger partial charge in [0.05, 0.1) is 6.61 Å². The number of ether oxygens (including phenoxy) is 2. The van der Waals surface area contributed by atoms with E-state index in [9.17, 15) is 14.4 Å². The van der Waals surface area contributed by atoms with Crippen molar-refractivity contribution in [3.8, 4) is 0 Å². The highest BCUT2D eigenvalue weighted by atomic mass is 16.6. The lowest BCUT2D eigenvalue weighted by Crippen LogP contribution is -2.31. The van der Waals surface area contributed by atoms with Crippen molar-refractivity contribution >= 4 is 17.5 Å². The third kappa shape index (κ3) is 5.27. The van der Waals surface area contributed by atoms with Crippen molar-refractivity contribution < 1.29 is 23.9 Å². The average molecular weight is 216 g/mol. The fourth-order valence-electron chi connectivity index (χ4n) is 1.05. The van der Waals surface area contributed by atoms with Crippen LogP contribution in [0, 0.1) is 5.92 Å². The van der Waals surface area contributed by atoms with Crippen LogP contribution in [0.3, 0.4) is 0 Å². The van der Waals surface area contributed by atoms with Crippen molar-refractivity contribution in [1.82, 2.24) is 0 Å². The summed E-state index contributed by atoms with van der Waals surface area (Å²) in [5, 5.41) is 0. The van der Waals surface area contributed by atoms with Gasteiger partial charge < -0.3 is 9.47 Å². The Balaban J connectivity index is 4.05. The van der Waals surface area contributed by atoms with Gasteiger partial charge >= 0.3 is 5.97 Å². The summed E-state index contributed by atoms with van der Waals surface area (Å²) in [5.74, 6) is -3.07. The van der Waals surface area contributed by atoms with E-state index in [-0.39, 0.29) is 13.2 Å². The molecule has 0 radical (unpaired) electrons. The second kappa shape index (κ2) is 7.11. The number of hydrogen-bond donors (Lipinski definition) is 0. The van der Waals surface area contributed by atoms with Crippen LogP contribution < -0.4 is 0 Å². The minimum absolute atomic E-state index is 0.0593. The van der Waals surface area contributed by atoms with Crippen LogP contribution in [-0.4, -0.2) is 37.4 Å². The number of carbonyl (C=O) groups is 3. The number of rotatable bonds is 7. The summed E-state index contributed by atoms with van der Waals surface area (Å²) in [5.41, 5.74) is 0. The van der Waals surface area contributed by atoms with Crippen LogP contribution in [0.25, 0.3) is 0 Å². The third-order valence-electron chi connectivity index (χ3n) is 1.72. The third-order valence-corrected chi connectivity index (χ3v) is 1.72. The topological polar surface area (TPSA) is 69.7 Å². The lowest BCUT2D eigenvalue weighted by Gasteiger charge is -2.09. The van der Waals surface area contributed by atoms with Gasteiger partial charge in [-0.25, -0.2) is 0 Å². The maximum absolute atomic E-state index is 11.3. The Hall–Kier alpha value is -1.23. The fourth-order valence-corrected chi connectivity index (χ4v) is 1.05. The average Bonchev–Trinajstić information content (AvgIpc) is 2.11. The first-order chi connectivity index (χ1) is 7.00. The molecule has 0 bridgehead atoms. The van der Waals surface area contributed by atoms with Crippen LogP contribution in [-0.2, 0) is 23.9 Å². The molecule has 0 amide bonds. The largest absolute Gasteiger partial charge is 0.462 e. The Morgan fingerprint density at radius 1 is 1.07 bits per heavy atom. The van der Waals surface area contributed by atoms with Gasteiger partial charge in [-0.2, -0.15) is 0 Å². The maximum atomic E-state index is 11.3. The molecule has 0 aliphatic rings. The van der Waals surface area contributed by atoms with E-state index < -0.39 is 23.5 Å². The Labute approximate surface area is 88.7 Å². The van der Waals surface area contributed by atoms with Crippen LogP contribution in [0.4, 0.5) is 0 Å². The van der Waals surface area contributed by atoms with Gasteiger partial charge in [0.25, 0.3) is 0 Å². The highest BCUT2D eigenvalue weighted by molar-refractivity contribution is 6.15. The molecule has 0 saturated carbocycles. The van der Waals surface area contributed by atoms with E-state index in [1.807, 2.05) is 6.92 Å². The Morgan fingerprint density at radius 2 is 1.60 bits per heavy atom. The summed E-state index contributed by atoms with van der Waals surface area (Å²) >= 11 is 0. The van der Waals surface area contributed by atoms with Gasteiger partial charge in [-0.15, -0.1) is 0 Å². The number of ketones is 2. The minimum Gasteiger partial charge on any atom is -0.462 e. The molecule has 15 heavy (non-hydrogen) atoms. The summed E-state index contributed by atoms with van der Waals surface area (Å²) in [6.07, 6.45) is 0. The summed E-state index contributed by atoms with van der Waals surface area (Å²) in [6.45, 7) is 5.05. The molecular weight excluding hydrogens is 200 g/mol. The molecular formula is C10H16O5. The number of Topliss-reactive ketones (excluding diaryl/α,β-unsaturated/α-hetero) is 2. The van der Waals surface area contributed by atoms with Crippen LogP contribution in [0.15, 0.2) is 0 Å². The monoisotopic (exact) mass is 216 g/mol. The molecule has 0 fully saturated rings. The molecule has 0 spiro atoms. The van der Waals surface area contributed by atoms with E-state index in [1.165, 1.54) is 13.8 Å². The molecule has 0 aromatic rings. The standard InChI is InChI=1S/C10H16O5/c1-4-14-5-6-15-10(13)9(7(2)11)8(3)12/h9H,4-6H2,1-3H3. The van der Waals surface area contributed by atoms with E-state index in [4.69, 9.17) is 9.47 Å². The van der Waals surface area contributed by atoms with Gasteiger partial charge in [-0.05, 0) is 20.8 Å². The number of hydrogen-bond acceptors (Lipinski definition) is 5. The zero-order valence-corrected chi connectivity index (χ0v) is 9.24. The summed E-state index contributed by atoms with van der Waals surface area (Å²) in [6, 6.07) is 0. The van der Waals surface area contributed by atoms with E-state index in [0.717, 1.165) is 0 Å². The van der Waals surface area contributed by atoms with Gasteiger partial charge in [0, 0.05) is 6.61 Å². The Kier molecular flexibility index (Phi) is 6.53. The van der Waals surface area contributed by atoms with E-state index in [2.05, 4.69) is 0 Å². The Morgan fingerprint density at radius 3 is 2.00 bits per heavy atom. The zero-order chi connectivity index (χ0) is 11.8. The second-order valence-electron chi connectivity index (χ2n) is 3.02. The van der Waals surface area contributed by atoms with Crippen LogP contribution in [0.2, 0.25) is 0 Å². The summed E-state index contributed by atoms with van der Waals surface area (Å²) in [7, 11) is 0. The molecule has 0 aromatic heterocycles. The second-order valence-corrected chi connectivity index (χ2v) is 3.02. The predicted molar refractivity (Wildman–Crippen MR) is 52.3 cm³/mol. The highest BCUT2D eigenvalue weighted by Crippen LogP contribution is 2.03. The first kappa shape index (κ1) is 13.8. The molecule has 0 aliphatic heterocycles. The first-order valence-corrected chi connectivity index (χ1v) is 4.76. The lowest BCUT2D eigenvalue weighted by atomic mass is 10.0. The van der Waals surface area contributed by atoms with Crippen molar-refractivity contribution in [2.24, 2.45) is 5.92 Å². The molecule has 0 aliphatic carbocycles. The van der Waals surface area contributed by atoms with Gasteiger partial charge in [0.15, 0.2) is 17.5 Å². The summed E-state index contributed by atoms with van der Waals surface area (Å²) in [4.78, 5) is 33.2. The quantitative estimate of drug-likeness (QED) is 0.349. The van der Waals surface area contributed by atoms with Crippen molar-refractivity contribution in [1.29, 1.82) is 0 Å². The van der Waals surface area contributed by atoms with Gasteiger partial charge in [0.2, 0.25) is 0 Å². The molecule has 0 aromatic carbocycles. The molecule has 86 valence electrons. The van der Waals surface area contributed by atoms with Gasteiger partial charge in [0.1, 0.15) is 6.61 Å². The molecule has 0 saturated heterocycles. The maximum Gasteiger partial charge on any atom is 0.324 e. The first-order valence-electron chi connectivity index (χ1n) is 4.76. The van der Waals surface area contributed by atoms with Gasteiger partial charge in [-0.3, -0.25) is 14.4 Å². The van der Waals surface area contributed by atoms with Crippen LogP contribution in [0.5, 0.6) is 0 Å². The Bertz CT molecular complexity index is 232. The number of carbonyl (C=O) groups excluding carboxylic acids is 3. The highest BCUT2D eigenvalue weighted by Gasteiger charge is 2.29. The normalized spacial score (nSPS) is 10.1. The fraction of sp³-hybridized carbons (Fsp3) is 0.700. The van der Waals surface area contributed by atoms with E-state index >= 15 is 0 Å². The van der Waals surface area contributed by atoms with Crippen LogP contribution >= 0.6 is 0 Å². The molecule has 5 heteroatoms. The van der Waals surface area contributed by atoms with Crippen molar-refractivity contribution in [2.75, 3.05) is 19.8 Å². The van der Waals surface area contributed by atoms with Crippen molar-refractivity contribution in [3.05, 3.63) is 0 Å². The van der Waals surface area contributed by atoms with Crippen molar-refractivity contribution in [2.45, 2.75) is 20.8 Å². The van der Waals surface area contributed by atoms with E-state index in [0.29, 0.717) is 6.61 Å². The van der Waals surface area contributed by atoms with Gasteiger partial charge in [-0.1, -0.05) is 0 Å². The zero-order valence-electron chi connectivity index (χ0n) is 9.24. The van der Waals surface area contributed by atoms with E-state index in [1.54, 1.807) is 0 Å². The van der Waals surface area contributed by atoms with Crippen molar-refractivity contribution in [3.63, 3.8) is 0 Å². The number of esters is 1. The predicted octanol–water partition coefficient (Wildman–Crippen LogP) is 0.360. The molecule has 0 N–H and O–H groups in total. The molecule has 5 nitrogen and oxygen atoms in total. The van der Waals surface area contributed by atoms with Crippen LogP contribution in [0.1, 0.15) is 20.8 Å². The summed E-state index contributed by atoms with van der Waals surface area (Å²) < 4.78 is 9.66. The molecule has 0 heterocycles. The minimum atomic E-state index is -1.29. The molecule has 0 atom stereocenters. The molecule has 0 rings (SSSR count). The molecule has 0 unspecified atom stereocenters. The SMILES string of the molecule is CCOCCOC(=O)C(C(C)=O)C(C)=O.